The van der Waals surface area contributed by atoms with Gasteiger partial charge >= 0.3 is 0 Å². The molecule has 4 aromatic carbocycles. The quantitative estimate of drug-likeness (QED) is 0.0902. The van der Waals surface area contributed by atoms with Crippen LogP contribution in [0, 0.1) is 6.92 Å². The molecule has 228 valence electrons. The summed E-state index contributed by atoms with van der Waals surface area (Å²) in [5, 5.41) is 20.9. The number of benzene rings is 4. The zero-order chi connectivity index (χ0) is 31.6. The number of Topliss-reactive ketones (excluding diaryl/α,β-unsaturated/α-hetero) is 1. The number of ether oxygens (including phenoxy) is 1. The molecule has 1 aliphatic heterocycles. The summed E-state index contributed by atoms with van der Waals surface area (Å²) in [6, 6.07) is 33.1. The van der Waals surface area contributed by atoms with Crippen molar-refractivity contribution in [3.63, 3.8) is 0 Å². The number of thioether (sulfide) groups is 1. The van der Waals surface area contributed by atoms with Gasteiger partial charge in [-0.05, 0) is 47.9 Å². The molecule has 0 saturated carbocycles. The molecule has 7 rings (SSSR count). The highest BCUT2D eigenvalue weighted by molar-refractivity contribution is 8.00. The summed E-state index contributed by atoms with van der Waals surface area (Å²) in [7, 11) is 0. The average molecular weight is 646 g/mol. The molecule has 3 heterocycles. The number of rotatable bonds is 10. The first-order chi connectivity index (χ1) is 22.4. The van der Waals surface area contributed by atoms with Gasteiger partial charge in [-0.3, -0.25) is 14.5 Å². The minimum absolute atomic E-state index is 0.0248. The van der Waals surface area contributed by atoms with E-state index >= 15 is 0 Å². The lowest BCUT2D eigenvalue weighted by molar-refractivity contribution is -0.117. The van der Waals surface area contributed by atoms with Gasteiger partial charge in [-0.1, -0.05) is 114 Å². The Balaban J connectivity index is 1.20. The van der Waals surface area contributed by atoms with Gasteiger partial charge in [-0.25, -0.2) is 0 Å². The molecule has 46 heavy (non-hydrogen) atoms. The molecular formula is C36H27N3O5S2. The molecule has 0 fully saturated rings. The lowest BCUT2D eigenvalue weighted by Crippen LogP contribution is -2.31. The van der Waals surface area contributed by atoms with Crippen LogP contribution < -0.4 is 9.64 Å². The predicted octanol–water partition coefficient (Wildman–Crippen LogP) is 8.25. The summed E-state index contributed by atoms with van der Waals surface area (Å²) in [5.41, 5.74) is 4.37. The number of hydrogen-bond acceptors (Lipinski definition) is 9. The van der Waals surface area contributed by atoms with Gasteiger partial charge in [0.2, 0.25) is 10.9 Å². The van der Waals surface area contributed by atoms with Gasteiger partial charge in [-0.15, -0.1) is 10.2 Å². The molecule has 1 N–H and O–H groups in total. The van der Waals surface area contributed by atoms with Crippen molar-refractivity contribution >= 4 is 50.9 Å². The average Bonchev–Trinajstić information content (AvgIpc) is 3.80. The number of ketones is 1. The maximum Gasteiger partial charge on any atom is 0.296 e. The van der Waals surface area contributed by atoms with Crippen LogP contribution in [0.2, 0.25) is 0 Å². The number of amides is 1. The molecule has 8 nitrogen and oxygen atoms in total. The number of fused-ring (bicyclic) bond motifs is 1. The standard InChI is InChI=1S/C36H27N3O5S2/c1-22-11-13-24(14-12-22)21-45-36-38-37-35(46-36)39-31(25-15-17-27(18-16-25)43-20-23-7-3-2-4-8-23)30(33(41)34(39)42)32(40)29-19-26-9-5-6-10-28(26)44-29/h2-19,31,41H,20-21H2,1H3/t31-/m0/s1. The number of aliphatic hydroxyl groups is 1. The Bertz CT molecular complexity index is 2040. The molecule has 1 aliphatic rings. The van der Waals surface area contributed by atoms with Crippen molar-refractivity contribution in [2.24, 2.45) is 0 Å². The van der Waals surface area contributed by atoms with Crippen molar-refractivity contribution in [2.45, 2.75) is 29.7 Å². The molecule has 10 heteroatoms. The van der Waals surface area contributed by atoms with E-state index in [0.717, 1.165) is 16.5 Å². The van der Waals surface area contributed by atoms with E-state index in [1.807, 2.05) is 55.5 Å². The van der Waals surface area contributed by atoms with Gasteiger partial charge < -0.3 is 14.3 Å². The summed E-state index contributed by atoms with van der Waals surface area (Å²) in [6.45, 7) is 2.43. The molecular weight excluding hydrogens is 619 g/mol. The SMILES string of the molecule is Cc1ccc(CSc2nnc(N3C(=O)C(O)=C(C(=O)c4cc5ccccc5o4)[C@@H]3c3ccc(OCc4ccccc4)cc3)s2)cc1. The fourth-order valence-corrected chi connectivity index (χ4v) is 7.07. The summed E-state index contributed by atoms with van der Waals surface area (Å²) in [4.78, 5) is 29.0. The lowest BCUT2D eigenvalue weighted by atomic mass is 9.95. The predicted molar refractivity (Wildman–Crippen MR) is 178 cm³/mol. The van der Waals surface area contributed by atoms with Crippen LogP contribution in [0.5, 0.6) is 5.75 Å². The second-order valence-corrected chi connectivity index (χ2v) is 13.0. The molecule has 0 unspecified atom stereocenters. The summed E-state index contributed by atoms with van der Waals surface area (Å²) >= 11 is 2.73. The van der Waals surface area contributed by atoms with Gasteiger partial charge in [0.15, 0.2) is 15.9 Å². The molecule has 1 atom stereocenters. The van der Waals surface area contributed by atoms with Crippen LogP contribution >= 0.6 is 23.1 Å². The number of aromatic nitrogens is 2. The van der Waals surface area contributed by atoms with E-state index in [-0.39, 0.29) is 16.5 Å². The monoisotopic (exact) mass is 645 g/mol. The third kappa shape index (κ3) is 5.92. The van der Waals surface area contributed by atoms with Crippen LogP contribution in [0.15, 0.2) is 129 Å². The van der Waals surface area contributed by atoms with Crippen LogP contribution in [0.25, 0.3) is 11.0 Å². The maximum atomic E-state index is 14.0. The van der Waals surface area contributed by atoms with Gasteiger partial charge in [0, 0.05) is 11.1 Å². The molecule has 0 saturated heterocycles. The van der Waals surface area contributed by atoms with Crippen molar-refractivity contribution in [3.8, 4) is 5.75 Å². The molecule has 0 radical (unpaired) electrons. The van der Waals surface area contributed by atoms with Crippen LogP contribution in [0.4, 0.5) is 5.13 Å². The third-order valence-electron chi connectivity index (χ3n) is 7.63. The fourth-order valence-electron chi connectivity index (χ4n) is 5.25. The van der Waals surface area contributed by atoms with Crippen LogP contribution in [0.1, 0.15) is 38.9 Å². The number of hydrogen-bond donors (Lipinski definition) is 1. The minimum Gasteiger partial charge on any atom is -0.503 e. The highest BCUT2D eigenvalue weighted by atomic mass is 32.2. The number of carbonyl (C=O) groups is 2. The van der Waals surface area contributed by atoms with E-state index in [9.17, 15) is 14.7 Å². The van der Waals surface area contributed by atoms with Crippen molar-refractivity contribution in [1.29, 1.82) is 0 Å². The Morgan fingerprint density at radius 1 is 0.935 bits per heavy atom. The molecule has 0 bridgehead atoms. The second kappa shape index (κ2) is 12.7. The van der Waals surface area contributed by atoms with Crippen molar-refractivity contribution in [2.75, 3.05) is 4.90 Å². The van der Waals surface area contributed by atoms with E-state index in [1.54, 1.807) is 36.4 Å². The van der Waals surface area contributed by atoms with Gasteiger partial charge in [-0.2, -0.15) is 0 Å². The first-order valence-corrected chi connectivity index (χ1v) is 16.3. The first-order valence-electron chi connectivity index (χ1n) is 14.5. The number of nitrogens with zero attached hydrogens (tertiary/aromatic N) is 3. The fraction of sp³-hybridized carbons (Fsp3) is 0.111. The third-order valence-corrected chi connectivity index (χ3v) is 9.76. The van der Waals surface area contributed by atoms with E-state index in [4.69, 9.17) is 9.15 Å². The Morgan fingerprint density at radius 3 is 2.43 bits per heavy atom. The number of aliphatic hydroxyl groups excluding tert-OH is 1. The first kappa shape index (κ1) is 29.5. The van der Waals surface area contributed by atoms with Crippen molar-refractivity contribution in [3.05, 3.63) is 149 Å². The van der Waals surface area contributed by atoms with Crippen LogP contribution in [0.3, 0.4) is 0 Å². The van der Waals surface area contributed by atoms with E-state index < -0.39 is 23.5 Å². The number of aryl methyl sites for hydroxylation is 1. The number of para-hydroxylation sites is 1. The Labute approximate surface area is 273 Å². The maximum absolute atomic E-state index is 14.0. The molecule has 6 aromatic rings. The number of carbonyl (C=O) groups excluding carboxylic acids is 2. The van der Waals surface area contributed by atoms with Gasteiger partial charge in [0.25, 0.3) is 5.91 Å². The van der Waals surface area contributed by atoms with Crippen LogP contribution in [-0.2, 0) is 17.2 Å². The molecule has 1 amide bonds. The minimum atomic E-state index is -0.973. The normalized spacial score (nSPS) is 14.8. The molecule has 0 aliphatic carbocycles. The van der Waals surface area contributed by atoms with E-state index in [2.05, 4.69) is 34.5 Å². The lowest BCUT2D eigenvalue weighted by Gasteiger charge is -2.24. The molecule has 2 aromatic heterocycles. The smallest absolute Gasteiger partial charge is 0.296 e. The largest absolute Gasteiger partial charge is 0.503 e. The topological polar surface area (TPSA) is 106 Å². The number of anilines is 1. The summed E-state index contributed by atoms with van der Waals surface area (Å²) < 4.78 is 12.5. The van der Waals surface area contributed by atoms with Crippen molar-refractivity contribution < 1.29 is 23.8 Å². The van der Waals surface area contributed by atoms with E-state index in [0.29, 0.717) is 33.6 Å². The Kier molecular flexibility index (Phi) is 8.13. The number of furan rings is 1. The van der Waals surface area contributed by atoms with Crippen molar-refractivity contribution in [1.82, 2.24) is 10.2 Å². The highest BCUT2D eigenvalue weighted by Gasteiger charge is 2.46. The second-order valence-electron chi connectivity index (χ2n) is 10.8. The summed E-state index contributed by atoms with van der Waals surface area (Å²) in [6.07, 6.45) is 0. The Hall–Kier alpha value is -5.19. The molecule has 0 spiro atoms. The zero-order valence-corrected chi connectivity index (χ0v) is 26.3. The van der Waals surface area contributed by atoms with Crippen LogP contribution in [-0.4, -0.2) is 27.0 Å². The Morgan fingerprint density at radius 2 is 1.67 bits per heavy atom. The summed E-state index contributed by atoms with van der Waals surface area (Å²) in [5.74, 6) is -0.651. The van der Waals surface area contributed by atoms with Gasteiger partial charge in [0.05, 0.1) is 11.6 Å². The van der Waals surface area contributed by atoms with E-state index in [1.165, 1.54) is 33.6 Å². The van der Waals surface area contributed by atoms with Gasteiger partial charge in [0.1, 0.15) is 17.9 Å². The zero-order valence-electron chi connectivity index (χ0n) is 24.6. The highest BCUT2D eigenvalue weighted by Crippen LogP contribution is 2.44.